The fourth-order valence-electron chi connectivity index (χ4n) is 4.47. The summed E-state index contributed by atoms with van der Waals surface area (Å²) in [7, 11) is 0. The standard InChI is InChI=1S/C32H29NO5S/c1-2-3-19-37-32(36)33-29(20-30(34)35)39-24-17-15-22(16-18-24)21-11-13-23(14-12-21)25-8-6-9-27-26-7-4-5-10-28(26)38-31(25)27/h4-18,29H,2-3,19-20H2,1H3,(H,33,36)(H,34,35). The van der Waals surface area contributed by atoms with Crippen molar-refractivity contribution in [2.45, 2.75) is 36.5 Å². The average Bonchev–Trinajstić information content (AvgIpc) is 3.32. The molecule has 0 fully saturated rings. The highest BCUT2D eigenvalue weighted by atomic mass is 32.2. The normalized spacial score (nSPS) is 11.9. The van der Waals surface area contributed by atoms with Crippen molar-refractivity contribution in [3.63, 3.8) is 0 Å². The molecule has 2 N–H and O–H groups in total. The minimum Gasteiger partial charge on any atom is -0.481 e. The van der Waals surface area contributed by atoms with Gasteiger partial charge < -0.3 is 19.6 Å². The fourth-order valence-corrected chi connectivity index (χ4v) is 5.47. The number of fused-ring (bicyclic) bond motifs is 3. The number of hydrogen-bond donors (Lipinski definition) is 2. The summed E-state index contributed by atoms with van der Waals surface area (Å²) in [5, 5.41) is 13.5. The van der Waals surface area contributed by atoms with E-state index in [4.69, 9.17) is 9.15 Å². The molecule has 0 saturated carbocycles. The molecule has 1 amide bonds. The van der Waals surface area contributed by atoms with Crippen LogP contribution < -0.4 is 5.32 Å². The van der Waals surface area contributed by atoms with Crippen LogP contribution in [0, 0.1) is 0 Å². The molecule has 0 aliphatic carbocycles. The Morgan fingerprint density at radius 2 is 1.54 bits per heavy atom. The van der Waals surface area contributed by atoms with Gasteiger partial charge in [0.25, 0.3) is 0 Å². The first-order chi connectivity index (χ1) is 19.0. The molecule has 0 spiro atoms. The van der Waals surface area contributed by atoms with Crippen LogP contribution in [0.3, 0.4) is 0 Å². The molecule has 1 unspecified atom stereocenters. The Labute approximate surface area is 231 Å². The van der Waals surface area contributed by atoms with Crippen LogP contribution in [-0.4, -0.2) is 29.1 Å². The number of nitrogens with one attached hydrogen (secondary N) is 1. The molecular weight excluding hydrogens is 510 g/mol. The molecule has 6 nitrogen and oxygen atoms in total. The topological polar surface area (TPSA) is 88.8 Å². The quantitative estimate of drug-likeness (QED) is 0.105. The van der Waals surface area contributed by atoms with Crippen LogP contribution in [0.25, 0.3) is 44.2 Å². The molecule has 1 aromatic heterocycles. The Bertz CT molecular complexity index is 1590. The van der Waals surface area contributed by atoms with E-state index < -0.39 is 17.4 Å². The highest BCUT2D eigenvalue weighted by Gasteiger charge is 2.18. The number of carbonyl (C=O) groups excluding carboxylic acids is 1. The summed E-state index contributed by atoms with van der Waals surface area (Å²) in [4.78, 5) is 24.2. The number of carboxylic acids is 1. The van der Waals surface area contributed by atoms with Crippen LogP contribution in [0.15, 0.2) is 100 Å². The molecule has 0 bridgehead atoms. The van der Waals surface area contributed by atoms with Crippen molar-refractivity contribution in [3.05, 3.63) is 91.0 Å². The Balaban J connectivity index is 1.30. The highest BCUT2D eigenvalue weighted by Crippen LogP contribution is 2.36. The lowest BCUT2D eigenvalue weighted by molar-refractivity contribution is -0.137. The van der Waals surface area contributed by atoms with Crippen LogP contribution in [0.4, 0.5) is 4.79 Å². The Kier molecular flexibility index (Phi) is 8.18. The molecule has 1 atom stereocenters. The van der Waals surface area contributed by atoms with Gasteiger partial charge in [0.15, 0.2) is 0 Å². The molecule has 0 radical (unpaired) electrons. The average molecular weight is 540 g/mol. The molecule has 0 aliphatic rings. The van der Waals surface area contributed by atoms with Crippen molar-refractivity contribution in [1.29, 1.82) is 0 Å². The maximum absolute atomic E-state index is 12.0. The number of unbranched alkanes of at least 4 members (excludes halogenated alkanes) is 1. The van der Waals surface area contributed by atoms with Gasteiger partial charge in [-0.3, -0.25) is 4.79 Å². The van der Waals surface area contributed by atoms with Gasteiger partial charge >= 0.3 is 12.1 Å². The number of thioether (sulfide) groups is 1. The van der Waals surface area contributed by atoms with Gasteiger partial charge in [-0.1, -0.05) is 86.1 Å². The van der Waals surface area contributed by atoms with E-state index in [0.29, 0.717) is 6.61 Å². The van der Waals surface area contributed by atoms with Crippen molar-refractivity contribution in [1.82, 2.24) is 5.32 Å². The minimum atomic E-state index is -0.989. The van der Waals surface area contributed by atoms with Crippen molar-refractivity contribution in [2.24, 2.45) is 0 Å². The number of para-hydroxylation sites is 2. The number of carbonyl (C=O) groups is 2. The van der Waals surface area contributed by atoms with Crippen molar-refractivity contribution >= 4 is 45.8 Å². The van der Waals surface area contributed by atoms with Crippen molar-refractivity contribution < 1.29 is 23.8 Å². The smallest absolute Gasteiger partial charge is 0.408 e. The number of ether oxygens (including phenoxy) is 1. The molecule has 7 heteroatoms. The number of aliphatic carboxylic acids is 1. The van der Waals surface area contributed by atoms with Crippen molar-refractivity contribution in [3.8, 4) is 22.3 Å². The summed E-state index contributed by atoms with van der Waals surface area (Å²) in [6.07, 6.45) is 0.863. The lowest BCUT2D eigenvalue weighted by Crippen LogP contribution is -2.34. The van der Waals surface area contributed by atoms with E-state index in [0.717, 1.165) is 61.9 Å². The molecule has 0 aliphatic heterocycles. The molecular formula is C32H29NO5S. The van der Waals surface area contributed by atoms with Crippen molar-refractivity contribution in [2.75, 3.05) is 6.61 Å². The summed E-state index contributed by atoms with van der Waals surface area (Å²) in [5.74, 6) is -0.989. The minimum absolute atomic E-state index is 0.214. The zero-order chi connectivity index (χ0) is 27.2. The molecule has 5 aromatic rings. The van der Waals surface area contributed by atoms with Crippen LogP contribution >= 0.6 is 11.8 Å². The lowest BCUT2D eigenvalue weighted by Gasteiger charge is -2.16. The number of furan rings is 1. The maximum Gasteiger partial charge on any atom is 0.408 e. The van der Waals surface area contributed by atoms with E-state index in [1.807, 2.05) is 49.4 Å². The van der Waals surface area contributed by atoms with Crippen LogP contribution in [0.1, 0.15) is 26.2 Å². The summed E-state index contributed by atoms with van der Waals surface area (Å²) in [6, 6.07) is 30.5. The van der Waals surface area contributed by atoms with Gasteiger partial charge in [0, 0.05) is 21.2 Å². The Morgan fingerprint density at radius 1 is 0.872 bits per heavy atom. The van der Waals surface area contributed by atoms with Gasteiger partial charge in [0.05, 0.1) is 18.4 Å². The Hall–Kier alpha value is -4.23. The number of alkyl carbamates (subject to hydrolysis) is 1. The van der Waals surface area contributed by atoms with E-state index in [9.17, 15) is 14.7 Å². The third-order valence-corrected chi connectivity index (χ3v) is 7.55. The lowest BCUT2D eigenvalue weighted by atomic mass is 9.99. The molecule has 198 valence electrons. The van der Waals surface area contributed by atoms with E-state index in [1.54, 1.807) is 0 Å². The fraction of sp³-hybridized carbons (Fsp3) is 0.188. The molecule has 0 saturated heterocycles. The molecule has 5 rings (SSSR count). The number of benzene rings is 4. The number of hydrogen-bond acceptors (Lipinski definition) is 5. The van der Waals surface area contributed by atoms with E-state index >= 15 is 0 Å². The second kappa shape index (κ2) is 12.1. The SMILES string of the molecule is CCCCOC(=O)NC(CC(=O)O)Sc1ccc(-c2ccc(-c3cccc4c3oc3ccccc34)cc2)cc1. The first-order valence-corrected chi connectivity index (χ1v) is 13.8. The summed E-state index contributed by atoms with van der Waals surface area (Å²) < 4.78 is 11.3. The molecule has 39 heavy (non-hydrogen) atoms. The van der Waals surface area contributed by atoms with E-state index in [2.05, 4.69) is 53.8 Å². The van der Waals surface area contributed by atoms with Gasteiger partial charge in [0.1, 0.15) is 11.2 Å². The summed E-state index contributed by atoms with van der Waals surface area (Å²) in [6.45, 7) is 2.32. The maximum atomic E-state index is 12.0. The first kappa shape index (κ1) is 26.4. The van der Waals surface area contributed by atoms with Crippen LogP contribution in [0.2, 0.25) is 0 Å². The van der Waals surface area contributed by atoms with Crippen LogP contribution in [0.5, 0.6) is 0 Å². The monoisotopic (exact) mass is 539 g/mol. The van der Waals surface area contributed by atoms with Gasteiger partial charge in [-0.25, -0.2) is 4.79 Å². The number of amides is 1. The van der Waals surface area contributed by atoms with Gasteiger partial charge in [-0.05, 0) is 41.3 Å². The van der Waals surface area contributed by atoms with E-state index in [1.165, 1.54) is 11.8 Å². The third kappa shape index (κ3) is 6.26. The highest BCUT2D eigenvalue weighted by molar-refractivity contribution is 8.00. The largest absolute Gasteiger partial charge is 0.481 e. The summed E-state index contributed by atoms with van der Waals surface area (Å²) >= 11 is 1.29. The first-order valence-electron chi connectivity index (χ1n) is 12.9. The predicted octanol–water partition coefficient (Wildman–Crippen LogP) is 8.34. The van der Waals surface area contributed by atoms with Gasteiger partial charge in [-0.15, -0.1) is 11.8 Å². The molecule has 4 aromatic carbocycles. The van der Waals surface area contributed by atoms with Crippen LogP contribution in [-0.2, 0) is 9.53 Å². The third-order valence-electron chi connectivity index (χ3n) is 6.44. The van der Waals surface area contributed by atoms with E-state index in [-0.39, 0.29) is 6.42 Å². The van der Waals surface area contributed by atoms with Gasteiger partial charge in [0.2, 0.25) is 0 Å². The molecule has 1 heterocycles. The number of carboxylic acid groups (broad SMARTS) is 1. The predicted molar refractivity (Wildman–Crippen MR) is 156 cm³/mol. The Morgan fingerprint density at radius 3 is 2.26 bits per heavy atom. The number of rotatable bonds is 10. The van der Waals surface area contributed by atoms with Gasteiger partial charge in [-0.2, -0.15) is 0 Å². The summed E-state index contributed by atoms with van der Waals surface area (Å²) in [5.41, 5.74) is 5.98. The second-order valence-electron chi connectivity index (χ2n) is 9.22. The zero-order valence-corrected chi connectivity index (χ0v) is 22.4. The zero-order valence-electron chi connectivity index (χ0n) is 21.6. The second-order valence-corrected chi connectivity index (χ2v) is 10.5.